The molecule has 0 aliphatic heterocycles. The number of rotatable bonds is 8. The van der Waals surface area contributed by atoms with Crippen LogP contribution in [-0.2, 0) is 6.42 Å². The van der Waals surface area contributed by atoms with Crippen molar-refractivity contribution in [3.8, 4) is 0 Å². The number of hydrogen-bond acceptors (Lipinski definition) is 4. The Kier molecular flexibility index (Phi) is 6.45. The molecule has 0 bridgehead atoms. The third-order valence-corrected chi connectivity index (χ3v) is 4.23. The molecule has 0 aromatic carbocycles. The average molecular weight is 284 g/mol. The van der Waals surface area contributed by atoms with Gasteiger partial charge in [0.05, 0.1) is 16.8 Å². The first-order chi connectivity index (χ1) is 9.04. The van der Waals surface area contributed by atoms with Gasteiger partial charge in [-0.3, -0.25) is 4.79 Å². The molecule has 19 heavy (non-hydrogen) atoms. The third kappa shape index (κ3) is 4.91. The van der Waals surface area contributed by atoms with Crippen LogP contribution in [0.3, 0.4) is 0 Å². The molecule has 1 rings (SSSR count). The van der Waals surface area contributed by atoms with E-state index in [0.29, 0.717) is 24.3 Å². The normalized spacial score (nSPS) is 11.6. The van der Waals surface area contributed by atoms with Gasteiger partial charge in [0.1, 0.15) is 4.88 Å². The van der Waals surface area contributed by atoms with Crippen LogP contribution in [0.25, 0.3) is 0 Å². The fourth-order valence-corrected chi connectivity index (χ4v) is 2.92. The average Bonchev–Trinajstić information content (AvgIpc) is 2.85. The second-order valence-corrected chi connectivity index (χ2v) is 5.99. The van der Waals surface area contributed by atoms with Crippen molar-refractivity contribution in [1.29, 1.82) is 0 Å². The van der Waals surface area contributed by atoms with Crippen LogP contribution in [0.1, 0.15) is 61.1 Å². The van der Waals surface area contributed by atoms with Gasteiger partial charge in [-0.05, 0) is 19.3 Å². The molecule has 0 unspecified atom stereocenters. The van der Waals surface area contributed by atoms with Gasteiger partial charge >= 0.3 is 0 Å². The Labute approximate surface area is 119 Å². The highest BCUT2D eigenvalue weighted by Crippen LogP contribution is 2.19. The minimum atomic E-state index is -0.780. The minimum Gasteiger partial charge on any atom is -0.388 e. The van der Waals surface area contributed by atoms with Gasteiger partial charge in [0.15, 0.2) is 0 Å². The summed E-state index contributed by atoms with van der Waals surface area (Å²) in [5.74, 6) is -0.136. The quantitative estimate of drug-likeness (QED) is 0.771. The number of thiazole rings is 1. The van der Waals surface area contributed by atoms with Crippen LogP contribution in [0.2, 0.25) is 0 Å². The monoisotopic (exact) mass is 284 g/mol. The van der Waals surface area contributed by atoms with Crippen molar-refractivity contribution < 1.29 is 9.90 Å². The summed E-state index contributed by atoms with van der Waals surface area (Å²) in [4.78, 5) is 16.8. The topological polar surface area (TPSA) is 62.2 Å². The van der Waals surface area contributed by atoms with Gasteiger partial charge in [-0.1, -0.05) is 33.6 Å². The first-order valence-electron chi connectivity index (χ1n) is 7.00. The van der Waals surface area contributed by atoms with Crippen LogP contribution in [0.5, 0.6) is 0 Å². The lowest BCUT2D eigenvalue weighted by Crippen LogP contribution is -2.42. The highest BCUT2D eigenvalue weighted by atomic mass is 32.1. The van der Waals surface area contributed by atoms with Crippen LogP contribution in [0.15, 0.2) is 6.20 Å². The van der Waals surface area contributed by atoms with E-state index in [9.17, 15) is 9.90 Å². The van der Waals surface area contributed by atoms with Gasteiger partial charge in [-0.15, -0.1) is 11.3 Å². The number of hydrogen-bond donors (Lipinski definition) is 2. The Morgan fingerprint density at radius 1 is 1.37 bits per heavy atom. The fraction of sp³-hybridized carbons (Fsp3) is 0.714. The van der Waals surface area contributed by atoms with E-state index in [2.05, 4.69) is 10.3 Å². The second kappa shape index (κ2) is 7.60. The minimum absolute atomic E-state index is 0.136. The van der Waals surface area contributed by atoms with Gasteiger partial charge in [-0.25, -0.2) is 4.98 Å². The van der Waals surface area contributed by atoms with Crippen molar-refractivity contribution in [1.82, 2.24) is 10.3 Å². The zero-order chi connectivity index (χ0) is 14.3. The maximum absolute atomic E-state index is 12.0. The molecular formula is C14H24N2O2S. The third-order valence-electron chi connectivity index (χ3n) is 3.09. The van der Waals surface area contributed by atoms with Gasteiger partial charge in [0.2, 0.25) is 0 Å². The van der Waals surface area contributed by atoms with Gasteiger partial charge in [0, 0.05) is 6.54 Å². The van der Waals surface area contributed by atoms with E-state index in [-0.39, 0.29) is 5.91 Å². The molecule has 0 atom stereocenters. The molecule has 1 aromatic heterocycles. The van der Waals surface area contributed by atoms with Crippen LogP contribution < -0.4 is 5.32 Å². The first-order valence-corrected chi connectivity index (χ1v) is 7.81. The number of aliphatic hydroxyl groups is 1. The molecule has 0 fully saturated rings. The highest BCUT2D eigenvalue weighted by molar-refractivity contribution is 7.13. The highest BCUT2D eigenvalue weighted by Gasteiger charge is 2.25. The summed E-state index contributed by atoms with van der Waals surface area (Å²) in [5, 5.41) is 14.2. The molecule has 1 aromatic rings. The van der Waals surface area contributed by atoms with E-state index in [1.165, 1.54) is 11.3 Å². The lowest BCUT2D eigenvalue weighted by atomic mass is 9.92. The van der Waals surface area contributed by atoms with Crippen molar-refractivity contribution in [2.75, 3.05) is 6.54 Å². The zero-order valence-electron chi connectivity index (χ0n) is 12.0. The summed E-state index contributed by atoms with van der Waals surface area (Å²) in [6, 6.07) is 0. The maximum Gasteiger partial charge on any atom is 0.263 e. The lowest BCUT2D eigenvalue weighted by molar-refractivity contribution is 0.0213. The summed E-state index contributed by atoms with van der Waals surface area (Å²) in [7, 11) is 0. The number of nitrogens with zero attached hydrogens (tertiary/aromatic N) is 1. The van der Waals surface area contributed by atoms with Gasteiger partial charge in [0.25, 0.3) is 5.91 Å². The molecule has 1 heterocycles. The molecule has 2 N–H and O–H groups in total. The summed E-state index contributed by atoms with van der Waals surface area (Å²) in [6.07, 6.45) is 5.69. The molecule has 0 radical (unpaired) electrons. The van der Waals surface area contributed by atoms with Crippen molar-refractivity contribution in [3.63, 3.8) is 0 Å². The number of nitrogens with one attached hydrogen (secondary N) is 1. The number of aromatic nitrogens is 1. The second-order valence-electron chi connectivity index (χ2n) is 4.88. The predicted molar refractivity (Wildman–Crippen MR) is 78.6 cm³/mol. The van der Waals surface area contributed by atoms with E-state index in [4.69, 9.17) is 0 Å². The summed E-state index contributed by atoms with van der Waals surface area (Å²) in [6.45, 7) is 6.41. The molecule has 5 heteroatoms. The molecule has 0 aliphatic carbocycles. The van der Waals surface area contributed by atoms with Crippen LogP contribution in [-0.4, -0.2) is 28.1 Å². The van der Waals surface area contributed by atoms with Crippen molar-refractivity contribution in [3.05, 3.63) is 16.1 Å². The van der Waals surface area contributed by atoms with Gasteiger partial charge in [-0.2, -0.15) is 0 Å². The predicted octanol–water partition coefficient (Wildman–Crippen LogP) is 2.77. The number of carbonyl (C=O) groups excluding carboxylic acids is 1. The van der Waals surface area contributed by atoms with E-state index >= 15 is 0 Å². The zero-order valence-corrected chi connectivity index (χ0v) is 12.8. The summed E-state index contributed by atoms with van der Waals surface area (Å²) >= 11 is 1.41. The molecule has 0 saturated carbocycles. The number of carbonyl (C=O) groups is 1. The lowest BCUT2D eigenvalue weighted by Gasteiger charge is -2.27. The summed E-state index contributed by atoms with van der Waals surface area (Å²) < 4.78 is 0. The number of aryl methyl sites for hydroxylation is 1. The summed E-state index contributed by atoms with van der Waals surface area (Å²) in [5.41, 5.74) is -0.780. The van der Waals surface area contributed by atoms with Crippen molar-refractivity contribution >= 4 is 17.2 Å². The van der Waals surface area contributed by atoms with Crippen molar-refractivity contribution in [2.45, 2.75) is 58.5 Å². The smallest absolute Gasteiger partial charge is 0.263 e. The molecule has 1 amide bonds. The Hall–Kier alpha value is -0.940. The van der Waals surface area contributed by atoms with Crippen LogP contribution in [0, 0.1) is 0 Å². The molecule has 0 aliphatic rings. The first kappa shape index (κ1) is 16.1. The number of amides is 1. The van der Waals surface area contributed by atoms with Crippen LogP contribution in [0.4, 0.5) is 0 Å². The Bertz CT molecular complexity index is 398. The Morgan fingerprint density at radius 3 is 2.47 bits per heavy atom. The van der Waals surface area contributed by atoms with E-state index < -0.39 is 5.60 Å². The molecule has 0 saturated heterocycles. The SMILES string of the molecule is CCCC(O)(CCC)CNC(=O)c1cnc(CC)s1. The van der Waals surface area contributed by atoms with E-state index in [1.54, 1.807) is 6.20 Å². The molecular weight excluding hydrogens is 260 g/mol. The fourth-order valence-electron chi connectivity index (χ4n) is 2.14. The van der Waals surface area contributed by atoms with Crippen molar-refractivity contribution in [2.24, 2.45) is 0 Å². The Morgan fingerprint density at radius 2 is 2.00 bits per heavy atom. The molecule has 108 valence electrons. The molecule has 0 spiro atoms. The maximum atomic E-state index is 12.0. The molecule has 4 nitrogen and oxygen atoms in total. The Balaban J connectivity index is 2.56. The van der Waals surface area contributed by atoms with E-state index in [0.717, 1.165) is 24.3 Å². The van der Waals surface area contributed by atoms with Crippen LogP contribution >= 0.6 is 11.3 Å². The van der Waals surface area contributed by atoms with Gasteiger partial charge < -0.3 is 10.4 Å². The standard InChI is InChI=1S/C14H24N2O2S/c1-4-7-14(18,8-5-2)10-16-13(17)11-9-15-12(6-3)19-11/h9,18H,4-8,10H2,1-3H3,(H,16,17). The largest absolute Gasteiger partial charge is 0.388 e. The van der Waals surface area contributed by atoms with E-state index in [1.807, 2.05) is 20.8 Å².